The first kappa shape index (κ1) is 31.4. The maximum Gasteiger partial charge on any atom is 0.393 e. The van der Waals surface area contributed by atoms with Crippen LogP contribution in [0.5, 0.6) is 5.88 Å². The third-order valence-corrected chi connectivity index (χ3v) is 6.66. The summed E-state index contributed by atoms with van der Waals surface area (Å²) in [5.41, 5.74) is 3.84. The maximum atomic E-state index is 13.0. The largest absolute Gasteiger partial charge is 0.474 e. The molecule has 12 heteroatoms. The van der Waals surface area contributed by atoms with Crippen molar-refractivity contribution in [2.24, 2.45) is 5.92 Å². The quantitative estimate of drug-likeness (QED) is 0.476. The molecule has 0 bridgehead atoms. The molecular formula is C28H39F3N4O5. The van der Waals surface area contributed by atoms with Gasteiger partial charge in [0.15, 0.2) is 0 Å². The van der Waals surface area contributed by atoms with Gasteiger partial charge in [0.1, 0.15) is 12.3 Å². The Bertz CT molecular complexity index is 1090. The predicted molar refractivity (Wildman–Crippen MR) is 147 cm³/mol. The van der Waals surface area contributed by atoms with Crippen molar-refractivity contribution >= 4 is 17.4 Å². The van der Waals surface area contributed by atoms with Gasteiger partial charge in [-0.1, -0.05) is 6.07 Å². The Morgan fingerprint density at radius 2 is 1.90 bits per heavy atom. The van der Waals surface area contributed by atoms with Crippen LogP contribution in [0.15, 0.2) is 30.5 Å². The summed E-state index contributed by atoms with van der Waals surface area (Å²) in [5, 5.41) is 11.9. The van der Waals surface area contributed by atoms with E-state index in [9.17, 15) is 18.0 Å². The minimum absolute atomic E-state index is 0.0663. The van der Waals surface area contributed by atoms with Crippen molar-refractivity contribution in [3.05, 3.63) is 36.0 Å². The van der Waals surface area contributed by atoms with Gasteiger partial charge in [-0.2, -0.15) is 13.2 Å². The number of alkyl halides is 3. The highest BCUT2D eigenvalue weighted by Gasteiger charge is 2.44. The number of rotatable bonds is 8. The summed E-state index contributed by atoms with van der Waals surface area (Å²) >= 11 is 0. The Morgan fingerprint density at radius 1 is 1.18 bits per heavy atom. The van der Waals surface area contributed by atoms with Crippen molar-refractivity contribution in [1.29, 1.82) is 0 Å². The number of carbonyl (C=O) groups is 1. The van der Waals surface area contributed by atoms with Gasteiger partial charge in [-0.3, -0.25) is 0 Å². The Morgan fingerprint density at radius 3 is 2.50 bits per heavy atom. The van der Waals surface area contributed by atoms with E-state index in [-0.39, 0.29) is 32.7 Å². The molecule has 2 aromatic rings. The van der Waals surface area contributed by atoms with Crippen LogP contribution >= 0.6 is 0 Å². The SMILES string of the molecule is CCOCC.Cc1ccc(NC(=O)N2CCC(C(F)(F)F)C2)cc1-c1cnc(OCCO)c(N2CCOCC2)c1. The number of ether oxygens (including phenoxy) is 3. The van der Waals surface area contributed by atoms with E-state index in [1.165, 1.54) is 4.90 Å². The number of aliphatic hydroxyl groups is 1. The lowest BCUT2D eigenvalue weighted by atomic mass is 10.0. The number of likely N-dealkylation sites (tertiary alicyclic amines) is 1. The van der Waals surface area contributed by atoms with E-state index in [0.29, 0.717) is 37.9 Å². The fourth-order valence-corrected chi connectivity index (χ4v) is 4.50. The topological polar surface area (TPSA) is 96.4 Å². The van der Waals surface area contributed by atoms with Gasteiger partial charge in [0, 0.05) is 56.8 Å². The molecule has 1 atom stereocenters. The molecule has 1 aromatic carbocycles. The van der Waals surface area contributed by atoms with E-state index in [1.807, 2.05) is 32.9 Å². The van der Waals surface area contributed by atoms with Crippen LogP contribution in [0.1, 0.15) is 25.8 Å². The van der Waals surface area contributed by atoms with Crippen molar-refractivity contribution in [3.63, 3.8) is 0 Å². The van der Waals surface area contributed by atoms with Crippen molar-refractivity contribution in [2.75, 3.05) is 76.0 Å². The van der Waals surface area contributed by atoms with E-state index in [4.69, 9.17) is 19.3 Å². The molecule has 0 spiro atoms. The number of anilines is 2. The lowest BCUT2D eigenvalue weighted by Gasteiger charge is -2.30. The number of benzene rings is 1. The summed E-state index contributed by atoms with van der Waals surface area (Å²) < 4.78 is 54.9. The van der Waals surface area contributed by atoms with Gasteiger partial charge in [-0.15, -0.1) is 0 Å². The second-order valence-corrected chi connectivity index (χ2v) is 9.43. The molecule has 2 fully saturated rings. The Kier molecular flexibility index (Phi) is 11.8. The minimum Gasteiger partial charge on any atom is -0.474 e. The molecule has 3 heterocycles. The molecule has 2 saturated heterocycles. The number of urea groups is 1. The first-order valence-electron chi connectivity index (χ1n) is 13.6. The third-order valence-electron chi connectivity index (χ3n) is 6.66. The molecule has 4 rings (SSSR count). The van der Waals surface area contributed by atoms with Gasteiger partial charge in [0.25, 0.3) is 0 Å². The van der Waals surface area contributed by atoms with Crippen LogP contribution in [0, 0.1) is 12.8 Å². The van der Waals surface area contributed by atoms with E-state index >= 15 is 0 Å². The van der Waals surface area contributed by atoms with Crippen LogP contribution in [0.25, 0.3) is 11.1 Å². The molecule has 1 unspecified atom stereocenters. The second kappa shape index (κ2) is 15.1. The van der Waals surface area contributed by atoms with Gasteiger partial charge in [0.2, 0.25) is 5.88 Å². The average molecular weight is 569 g/mol. The first-order valence-corrected chi connectivity index (χ1v) is 13.6. The van der Waals surface area contributed by atoms with E-state index < -0.39 is 18.1 Å². The number of morpholine rings is 1. The molecule has 2 amide bonds. The highest BCUT2D eigenvalue weighted by Crippen LogP contribution is 2.35. The number of pyridine rings is 1. The number of hydrogen-bond donors (Lipinski definition) is 2. The molecule has 0 radical (unpaired) electrons. The molecular weight excluding hydrogens is 529 g/mol. The highest BCUT2D eigenvalue weighted by molar-refractivity contribution is 5.90. The van der Waals surface area contributed by atoms with Crippen LogP contribution in [-0.4, -0.2) is 93.0 Å². The smallest absolute Gasteiger partial charge is 0.393 e. The molecule has 222 valence electrons. The van der Waals surface area contributed by atoms with Gasteiger partial charge in [-0.25, -0.2) is 9.78 Å². The number of nitrogens with one attached hydrogen (secondary N) is 1. The van der Waals surface area contributed by atoms with Gasteiger partial charge in [0.05, 0.1) is 25.7 Å². The zero-order chi connectivity index (χ0) is 29.1. The lowest BCUT2D eigenvalue weighted by Crippen LogP contribution is -2.36. The zero-order valence-corrected chi connectivity index (χ0v) is 23.3. The molecule has 0 aliphatic carbocycles. The molecule has 2 N–H and O–H groups in total. The Balaban J connectivity index is 0.000000810. The van der Waals surface area contributed by atoms with Crippen molar-refractivity contribution in [2.45, 2.75) is 33.4 Å². The minimum atomic E-state index is -4.30. The van der Waals surface area contributed by atoms with Crippen molar-refractivity contribution < 1.29 is 37.3 Å². The van der Waals surface area contributed by atoms with E-state index in [2.05, 4.69) is 15.2 Å². The first-order chi connectivity index (χ1) is 19.2. The third kappa shape index (κ3) is 8.70. The van der Waals surface area contributed by atoms with E-state index in [0.717, 1.165) is 35.6 Å². The number of nitrogens with zero attached hydrogens (tertiary/aromatic N) is 3. The fraction of sp³-hybridized carbons (Fsp3) is 0.571. The number of aromatic nitrogens is 1. The molecule has 1 aromatic heterocycles. The van der Waals surface area contributed by atoms with Gasteiger partial charge < -0.3 is 34.4 Å². The maximum absolute atomic E-state index is 13.0. The molecule has 40 heavy (non-hydrogen) atoms. The summed E-state index contributed by atoms with van der Waals surface area (Å²) in [6.07, 6.45) is -2.72. The number of carbonyl (C=O) groups excluding carboxylic acids is 1. The van der Waals surface area contributed by atoms with Crippen LogP contribution in [-0.2, 0) is 9.47 Å². The van der Waals surface area contributed by atoms with Crippen molar-refractivity contribution in [3.8, 4) is 17.0 Å². The summed E-state index contributed by atoms with van der Waals surface area (Å²) in [7, 11) is 0. The zero-order valence-electron chi connectivity index (χ0n) is 23.3. The van der Waals surface area contributed by atoms with E-state index in [1.54, 1.807) is 18.3 Å². The number of halogens is 3. The van der Waals surface area contributed by atoms with Crippen LogP contribution in [0.3, 0.4) is 0 Å². The van der Waals surface area contributed by atoms with Crippen LogP contribution in [0.4, 0.5) is 29.3 Å². The van der Waals surface area contributed by atoms with Crippen LogP contribution < -0.4 is 15.0 Å². The van der Waals surface area contributed by atoms with Crippen LogP contribution in [0.2, 0.25) is 0 Å². The molecule has 0 saturated carbocycles. The number of hydrogen-bond acceptors (Lipinski definition) is 7. The Hall–Kier alpha value is -3.09. The summed E-state index contributed by atoms with van der Waals surface area (Å²) in [6.45, 7) is 9.82. The normalized spacial score (nSPS) is 17.3. The summed E-state index contributed by atoms with van der Waals surface area (Å²) in [4.78, 5) is 20.4. The second-order valence-electron chi connectivity index (χ2n) is 9.43. The summed E-state index contributed by atoms with van der Waals surface area (Å²) in [5.74, 6) is -1.07. The monoisotopic (exact) mass is 568 g/mol. The number of aryl methyl sites for hydroxylation is 1. The molecule has 2 aliphatic heterocycles. The molecule has 2 aliphatic rings. The molecule has 9 nitrogen and oxygen atoms in total. The van der Waals surface area contributed by atoms with Gasteiger partial charge in [-0.05, 0) is 56.5 Å². The van der Waals surface area contributed by atoms with Crippen molar-refractivity contribution in [1.82, 2.24) is 9.88 Å². The highest BCUT2D eigenvalue weighted by atomic mass is 19.4. The predicted octanol–water partition coefficient (Wildman–Crippen LogP) is 4.72. The average Bonchev–Trinajstić information content (AvgIpc) is 3.46. The number of aliphatic hydroxyl groups excluding tert-OH is 1. The summed E-state index contributed by atoms with van der Waals surface area (Å²) in [6, 6.07) is 6.76. The van der Waals surface area contributed by atoms with Gasteiger partial charge >= 0.3 is 12.2 Å². The number of amides is 2. The standard InChI is InChI=1S/C24H29F3N4O4.C4H10O/c1-16-2-3-19(29-23(33)31-5-4-18(15-31)24(25,26)27)13-20(16)17-12-21(30-6-9-34-10-7-30)22(28-14-17)35-11-8-32;1-3-5-4-2/h2-3,12-14,18,32H,4-11,15H2,1H3,(H,29,33);3-4H2,1-2H3. The Labute approximate surface area is 233 Å². The fourth-order valence-electron chi connectivity index (χ4n) is 4.50. The lowest BCUT2D eigenvalue weighted by molar-refractivity contribution is -0.169.